The van der Waals surface area contributed by atoms with Crippen LogP contribution in [0.2, 0.25) is 5.02 Å². The quantitative estimate of drug-likeness (QED) is 0.752. The number of benzene rings is 1. The Morgan fingerprint density at radius 2 is 2.23 bits per heavy atom. The van der Waals surface area contributed by atoms with Crippen molar-refractivity contribution in [2.75, 3.05) is 6.54 Å². The molecule has 22 heavy (non-hydrogen) atoms. The molecule has 0 saturated carbocycles. The van der Waals surface area contributed by atoms with Crippen LogP contribution in [-0.2, 0) is 19.2 Å². The van der Waals surface area contributed by atoms with Crippen LogP contribution in [-0.4, -0.2) is 21.2 Å². The number of hydrogen-bond donors (Lipinski definition) is 2. The average Bonchev–Trinajstić information content (AvgIpc) is 3.08. The number of hydrogen-bond acceptors (Lipinski definition) is 4. The van der Waals surface area contributed by atoms with Crippen LogP contribution in [0, 0.1) is 0 Å². The molecule has 3 rings (SSSR count). The van der Waals surface area contributed by atoms with Crippen molar-refractivity contribution in [2.45, 2.75) is 19.1 Å². The molecule has 116 valence electrons. The highest BCUT2D eigenvalue weighted by atomic mass is 35.5. The number of rotatable bonds is 5. The number of aryl methyl sites for hydroxylation is 1. The van der Waals surface area contributed by atoms with Crippen LogP contribution in [0.5, 0.6) is 0 Å². The van der Waals surface area contributed by atoms with Gasteiger partial charge in [-0.25, -0.2) is 4.98 Å². The topological polar surface area (TPSA) is 50.1 Å². The number of nitrogens with zero attached hydrogens (tertiary/aromatic N) is 2. The van der Waals surface area contributed by atoms with Gasteiger partial charge in [-0.1, -0.05) is 11.6 Å². The monoisotopic (exact) mass is 335 g/mol. The first-order valence-electron chi connectivity index (χ1n) is 7.04. The lowest BCUT2D eigenvalue weighted by atomic mass is 9.99. The summed E-state index contributed by atoms with van der Waals surface area (Å²) in [5.41, 5.74) is 1.98. The van der Waals surface area contributed by atoms with Crippen molar-refractivity contribution in [3.63, 3.8) is 0 Å². The van der Waals surface area contributed by atoms with E-state index in [2.05, 4.69) is 10.3 Å². The lowest BCUT2D eigenvalue weighted by molar-refractivity contribution is 0.0569. The van der Waals surface area contributed by atoms with Crippen LogP contribution in [0.1, 0.15) is 18.3 Å². The summed E-state index contributed by atoms with van der Waals surface area (Å²) in [4.78, 5) is 4.59. The fourth-order valence-corrected chi connectivity index (χ4v) is 3.42. The molecule has 0 radical (unpaired) electrons. The second-order valence-corrected chi connectivity index (χ2v) is 6.83. The fourth-order valence-electron chi connectivity index (χ4n) is 2.47. The lowest BCUT2D eigenvalue weighted by Gasteiger charge is -2.22. The minimum absolute atomic E-state index is 0.466. The fraction of sp³-hybridized carbons (Fsp3) is 0.312. The predicted molar refractivity (Wildman–Crippen MR) is 91.3 cm³/mol. The van der Waals surface area contributed by atoms with E-state index >= 15 is 0 Å². The van der Waals surface area contributed by atoms with Gasteiger partial charge in [-0.05, 0) is 47.5 Å². The van der Waals surface area contributed by atoms with Gasteiger partial charge in [-0.2, -0.15) is 11.3 Å². The van der Waals surface area contributed by atoms with Crippen molar-refractivity contribution in [2.24, 2.45) is 7.05 Å². The average molecular weight is 336 g/mol. The van der Waals surface area contributed by atoms with Gasteiger partial charge < -0.3 is 15.0 Å². The van der Waals surface area contributed by atoms with Crippen LogP contribution in [0.25, 0.3) is 11.0 Å². The van der Waals surface area contributed by atoms with Gasteiger partial charge in [0.2, 0.25) is 0 Å². The summed E-state index contributed by atoms with van der Waals surface area (Å²) >= 11 is 7.59. The SMILES string of the molecule is Cn1c(CNCC(C)(O)c2ccsc2)nc2cc(Cl)ccc21. The maximum atomic E-state index is 10.5. The summed E-state index contributed by atoms with van der Waals surface area (Å²) in [5, 5.41) is 18.4. The molecule has 0 aliphatic carbocycles. The Bertz CT molecular complexity index is 780. The van der Waals surface area contributed by atoms with E-state index in [1.807, 2.05) is 53.6 Å². The van der Waals surface area contributed by atoms with Gasteiger partial charge in [0, 0.05) is 18.6 Å². The number of aliphatic hydroxyl groups is 1. The van der Waals surface area contributed by atoms with Gasteiger partial charge in [-0.3, -0.25) is 0 Å². The van der Waals surface area contributed by atoms with Gasteiger partial charge in [0.05, 0.1) is 23.2 Å². The third-order valence-corrected chi connectivity index (χ3v) is 4.75. The van der Waals surface area contributed by atoms with Crippen molar-refractivity contribution in [3.05, 3.63) is 51.4 Å². The molecule has 1 atom stereocenters. The molecular formula is C16H18ClN3OS. The Kier molecular flexibility index (Phi) is 4.23. The predicted octanol–water partition coefficient (Wildman–Crippen LogP) is 3.29. The summed E-state index contributed by atoms with van der Waals surface area (Å²) in [5.74, 6) is 0.915. The van der Waals surface area contributed by atoms with Gasteiger partial charge in [0.25, 0.3) is 0 Å². The molecule has 0 bridgehead atoms. The van der Waals surface area contributed by atoms with Gasteiger partial charge in [-0.15, -0.1) is 0 Å². The highest BCUT2D eigenvalue weighted by molar-refractivity contribution is 7.08. The largest absolute Gasteiger partial charge is 0.384 e. The molecule has 6 heteroatoms. The Labute approximate surface area is 138 Å². The third kappa shape index (κ3) is 3.03. The molecule has 2 aromatic heterocycles. The zero-order valence-electron chi connectivity index (χ0n) is 12.5. The molecule has 0 amide bonds. The summed E-state index contributed by atoms with van der Waals surface area (Å²) in [7, 11) is 1.98. The van der Waals surface area contributed by atoms with E-state index < -0.39 is 5.60 Å². The van der Waals surface area contributed by atoms with Crippen LogP contribution in [0.4, 0.5) is 0 Å². The van der Waals surface area contributed by atoms with E-state index in [0.717, 1.165) is 22.4 Å². The summed E-state index contributed by atoms with van der Waals surface area (Å²) in [6.07, 6.45) is 0. The Morgan fingerprint density at radius 1 is 1.41 bits per heavy atom. The van der Waals surface area contributed by atoms with Crippen molar-refractivity contribution in [1.82, 2.24) is 14.9 Å². The maximum Gasteiger partial charge on any atom is 0.123 e. The first-order valence-corrected chi connectivity index (χ1v) is 8.36. The minimum Gasteiger partial charge on any atom is -0.384 e. The molecule has 0 fully saturated rings. The first-order chi connectivity index (χ1) is 10.5. The zero-order valence-corrected chi connectivity index (χ0v) is 14.1. The van der Waals surface area contributed by atoms with E-state index in [-0.39, 0.29) is 0 Å². The molecule has 2 heterocycles. The van der Waals surface area contributed by atoms with Gasteiger partial charge in [0.15, 0.2) is 0 Å². The van der Waals surface area contributed by atoms with E-state index in [0.29, 0.717) is 18.1 Å². The number of thiophene rings is 1. The smallest absolute Gasteiger partial charge is 0.123 e. The van der Waals surface area contributed by atoms with Gasteiger partial charge >= 0.3 is 0 Å². The Balaban J connectivity index is 1.71. The standard InChI is InChI=1S/C16H18ClN3OS/c1-16(21,11-5-6-22-9-11)10-18-8-15-19-13-7-12(17)3-4-14(13)20(15)2/h3-7,9,18,21H,8,10H2,1-2H3. The van der Waals surface area contributed by atoms with Crippen molar-refractivity contribution >= 4 is 34.0 Å². The number of imidazole rings is 1. The highest BCUT2D eigenvalue weighted by Gasteiger charge is 2.23. The molecule has 2 N–H and O–H groups in total. The number of aromatic nitrogens is 2. The summed E-state index contributed by atoms with van der Waals surface area (Å²) in [6.45, 7) is 2.87. The molecule has 1 aromatic carbocycles. The maximum absolute atomic E-state index is 10.5. The van der Waals surface area contributed by atoms with E-state index in [4.69, 9.17) is 11.6 Å². The zero-order chi connectivity index (χ0) is 15.7. The molecule has 0 spiro atoms. The third-order valence-electron chi connectivity index (χ3n) is 3.83. The van der Waals surface area contributed by atoms with Crippen molar-refractivity contribution < 1.29 is 5.11 Å². The van der Waals surface area contributed by atoms with Crippen molar-refractivity contribution in [1.29, 1.82) is 0 Å². The van der Waals surface area contributed by atoms with Crippen LogP contribution in [0.3, 0.4) is 0 Å². The number of fused-ring (bicyclic) bond motifs is 1. The number of nitrogens with one attached hydrogen (secondary N) is 1. The minimum atomic E-state index is -0.881. The molecular weight excluding hydrogens is 318 g/mol. The second-order valence-electron chi connectivity index (χ2n) is 5.61. The molecule has 0 saturated heterocycles. The molecule has 0 aliphatic heterocycles. The summed E-state index contributed by atoms with van der Waals surface area (Å²) in [6, 6.07) is 7.64. The lowest BCUT2D eigenvalue weighted by Crippen LogP contribution is -2.35. The van der Waals surface area contributed by atoms with Crippen LogP contribution in [0.15, 0.2) is 35.0 Å². The van der Waals surface area contributed by atoms with Gasteiger partial charge in [0.1, 0.15) is 5.82 Å². The van der Waals surface area contributed by atoms with Crippen LogP contribution < -0.4 is 5.32 Å². The van der Waals surface area contributed by atoms with Crippen LogP contribution >= 0.6 is 22.9 Å². The first kappa shape index (κ1) is 15.5. The van der Waals surface area contributed by atoms with E-state index in [9.17, 15) is 5.11 Å². The molecule has 0 aliphatic rings. The Morgan fingerprint density at radius 3 is 2.95 bits per heavy atom. The molecule has 4 nitrogen and oxygen atoms in total. The van der Waals surface area contributed by atoms with Crippen molar-refractivity contribution in [3.8, 4) is 0 Å². The highest BCUT2D eigenvalue weighted by Crippen LogP contribution is 2.23. The van der Waals surface area contributed by atoms with E-state index in [1.165, 1.54) is 0 Å². The number of halogens is 1. The van der Waals surface area contributed by atoms with E-state index in [1.54, 1.807) is 11.3 Å². The Hall–Kier alpha value is -1.40. The molecule has 1 unspecified atom stereocenters. The second kappa shape index (κ2) is 6.01. The normalized spacial score (nSPS) is 14.4. The molecule has 3 aromatic rings. The summed E-state index contributed by atoms with van der Waals surface area (Å²) < 4.78 is 2.04.